The number of anilines is 1. The number of H-pyrrole nitrogens is 1. The van der Waals surface area contributed by atoms with Crippen molar-refractivity contribution in [1.82, 2.24) is 20.3 Å². The Kier molecular flexibility index (Phi) is 2.33. The average molecular weight is 257 g/mol. The molecule has 1 unspecified atom stereocenters. The quantitative estimate of drug-likeness (QED) is 0.869. The largest absolute Gasteiger partial charge is 0.356 e. The van der Waals surface area contributed by atoms with E-state index in [0.29, 0.717) is 6.04 Å². The zero-order valence-corrected chi connectivity index (χ0v) is 11.3. The predicted molar refractivity (Wildman–Crippen MR) is 75.1 cm³/mol. The van der Waals surface area contributed by atoms with Crippen molar-refractivity contribution in [1.29, 1.82) is 0 Å². The van der Waals surface area contributed by atoms with E-state index in [1.54, 1.807) is 6.33 Å². The zero-order valence-electron chi connectivity index (χ0n) is 11.3. The lowest BCUT2D eigenvalue weighted by atomic mass is 10.1. The maximum Gasteiger partial charge on any atom is 0.142 e. The van der Waals surface area contributed by atoms with Gasteiger partial charge in [0.1, 0.15) is 17.8 Å². The van der Waals surface area contributed by atoms with Crippen LogP contribution in [0.15, 0.2) is 18.6 Å². The molecule has 2 N–H and O–H groups in total. The Bertz CT molecular complexity index is 597. The van der Waals surface area contributed by atoms with E-state index in [1.807, 2.05) is 6.20 Å². The molecular formula is C14H19N5. The zero-order chi connectivity index (χ0) is 13.0. The van der Waals surface area contributed by atoms with E-state index in [1.165, 1.54) is 13.1 Å². The van der Waals surface area contributed by atoms with Gasteiger partial charge in [0.15, 0.2) is 0 Å². The third-order valence-electron chi connectivity index (χ3n) is 4.99. The van der Waals surface area contributed by atoms with Gasteiger partial charge in [-0.3, -0.25) is 0 Å². The normalized spacial score (nSPS) is 30.3. The molecule has 1 saturated heterocycles. The van der Waals surface area contributed by atoms with Gasteiger partial charge in [0.25, 0.3) is 0 Å². The molecule has 2 fully saturated rings. The van der Waals surface area contributed by atoms with Gasteiger partial charge in [0, 0.05) is 19.3 Å². The molecule has 4 atom stereocenters. The van der Waals surface area contributed by atoms with Gasteiger partial charge in [-0.05, 0) is 43.8 Å². The minimum atomic E-state index is 0.532. The number of piperidine rings is 1. The highest BCUT2D eigenvalue weighted by Gasteiger charge is 2.55. The third-order valence-corrected chi connectivity index (χ3v) is 4.99. The maximum atomic E-state index is 4.48. The van der Waals surface area contributed by atoms with Crippen molar-refractivity contribution >= 4 is 16.9 Å². The summed E-state index contributed by atoms with van der Waals surface area (Å²) in [4.78, 5) is 14.2. The van der Waals surface area contributed by atoms with E-state index in [9.17, 15) is 0 Å². The minimum absolute atomic E-state index is 0.532. The lowest BCUT2D eigenvalue weighted by molar-refractivity contribution is 0.501. The monoisotopic (exact) mass is 257 g/mol. The molecule has 2 aliphatic rings. The number of nitrogens with one attached hydrogen (secondary N) is 2. The topological polar surface area (TPSA) is 56.8 Å². The van der Waals surface area contributed by atoms with Gasteiger partial charge in [-0.2, -0.15) is 0 Å². The van der Waals surface area contributed by atoms with E-state index < -0.39 is 0 Å². The van der Waals surface area contributed by atoms with Crippen molar-refractivity contribution < 1.29 is 0 Å². The lowest BCUT2D eigenvalue weighted by Crippen LogP contribution is -2.34. The Hall–Kier alpha value is -1.62. The molecule has 1 aliphatic carbocycles. The van der Waals surface area contributed by atoms with Gasteiger partial charge in [-0.15, -0.1) is 0 Å². The molecule has 19 heavy (non-hydrogen) atoms. The molecule has 0 aromatic carbocycles. The second kappa shape index (κ2) is 3.93. The highest BCUT2D eigenvalue weighted by atomic mass is 15.2. The molecule has 2 aromatic rings. The first-order chi connectivity index (χ1) is 9.27. The van der Waals surface area contributed by atoms with Gasteiger partial charge in [0.05, 0.1) is 5.39 Å². The summed E-state index contributed by atoms with van der Waals surface area (Å²) in [5.74, 6) is 3.61. The number of fused-ring (bicyclic) bond motifs is 2. The fourth-order valence-electron chi connectivity index (χ4n) is 3.77. The van der Waals surface area contributed by atoms with Crippen molar-refractivity contribution in [3.05, 3.63) is 18.6 Å². The maximum absolute atomic E-state index is 4.48. The first-order valence-corrected chi connectivity index (χ1v) is 6.99. The van der Waals surface area contributed by atoms with Crippen LogP contribution in [-0.4, -0.2) is 41.1 Å². The van der Waals surface area contributed by atoms with Crippen LogP contribution < -0.4 is 10.2 Å². The molecule has 0 bridgehead atoms. The van der Waals surface area contributed by atoms with E-state index in [4.69, 9.17) is 0 Å². The molecule has 3 heterocycles. The molecule has 0 amide bonds. The van der Waals surface area contributed by atoms with Crippen LogP contribution in [0, 0.1) is 17.8 Å². The molecule has 1 aliphatic heterocycles. The van der Waals surface area contributed by atoms with Crippen LogP contribution in [0.3, 0.4) is 0 Å². The summed E-state index contributed by atoms with van der Waals surface area (Å²) in [5.41, 5.74) is 0.918. The van der Waals surface area contributed by atoms with E-state index in [0.717, 1.165) is 34.6 Å². The SMILES string of the molecule is CC([C@H]1[C@@H]2CNC[C@@H]21)N(C)c1ncnc2[nH]ccc12. The number of aromatic amines is 1. The second-order valence-corrected chi connectivity index (χ2v) is 5.85. The van der Waals surface area contributed by atoms with Crippen LogP contribution >= 0.6 is 0 Å². The molecule has 5 heteroatoms. The average Bonchev–Trinajstić information content (AvgIpc) is 2.87. The molecule has 2 aromatic heterocycles. The summed E-state index contributed by atoms with van der Waals surface area (Å²) in [6.45, 7) is 4.71. The van der Waals surface area contributed by atoms with E-state index >= 15 is 0 Å². The van der Waals surface area contributed by atoms with Crippen molar-refractivity contribution in [3.63, 3.8) is 0 Å². The molecule has 0 spiro atoms. The highest BCUT2D eigenvalue weighted by Crippen LogP contribution is 2.52. The van der Waals surface area contributed by atoms with E-state index in [2.05, 4.69) is 45.2 Å². The minimum Gasteiger partial charge on any atom is -0.356 e. The summed E-state index contributed by atoms with van der Waals surface area (Å²) in [5, 5.41) is 4.57. The van der Waals surface area contributed by atoms with Gasteiger partial charge in [0.2, 0.25) is 0 Å². The molecule has 0 radical (unpaired) electrons. The fourth-order valence-corrected chi connectivity index (χ4v) is 3.77. The highest BCUT2D eigenvalue weighted by molar-refractivity contribution is 5.87. The number of aromatic nitrogens is 3. The number of hydrogen-bond acceptors (Lipinski definition) is 4. The number of nitrogens with zero attached hydrogens (tertiary/aromatic N) is 3. The van der Waals surface area contributed by atoms with Gasteiger partial charge in [-0.25, -0.2) is 9.97 Å². The Morgan fingerprint density at radius 2 is 2.11 bits per heavy atom. The van der Waals surface area contributed by atoms with Crippen molar-refractivity contribution in [2.45, 2.75) is 13.0 Å². The summed E-state index contributed by atoms with van der Waals surface area (Å²) >= 11 is 0. The van der Waals surface area contributed by atoms with Crippen LogP contribution in [0.4, 0.5) is 5.82 Å². The summed E-state index contributed by atoms with van der Waals surface area (Å²) in [6, 6.07) is 2.59. The Labute approximate surface area is 112 Å². The molecule has 5 nitrogen and oxygen atoms in total. The predicted octanol–water partition coefficient (Wildman–Crippen LogP) is 1.25. The Morgan fingerprint density at radius 3 is 2.89 bits per heavy atom. The summed E-state index contributed by atoms with van der Waals surface area (Å²) in [7, 11) is 2.15. The van der Waals surface area contributed by atoms with Gasteiger partial charge in [-0.1, -0.05) is 0 Å². The third kappa shape index (κ3) is 1.57. The Balaban J connectivity index is 1.63. The van der Waals surface area contributed by atoms with Crippen LogP contribution in [0.5, 0.6) is 0 Å². The van der Waals surface area contributed by atoms with Gasteiger partial charge < -0.3 is 15.2 Å². The summed E-state index contributed by atoms with van der Waals surface area (Å²) in [6.07, 6.45) is 3.57. The number of rotatable bonds is 3. The standard InChI is InChI=1S/C14H19N5/c1-8(12-10-5-15-6-11(10)12)19(2)14-9-3-4-16-13(9)17-7-18-14/h3-4,7-8,10-12,15H,5-6H2,1-2H3,(H,16,17,18)/t8?,10-,11+,12+. The molecular weight excluding hydrogens is 238 g/mol. The van der Waals surface area contributed by atoms with Crippen molar-refractivity contribution in [2.24, 2.45) is 17.8 Å². The second-order valence-electron chi connectivity index (χ2n) is 5.85. The van der Waals surface area contributed by atoms with E-state index in [-0.39, 0.29) is 0 Å². The van der Waals surface area contributed by atoms with Gasteiger partial charge >= 0.3 is 0 Å². The Morgan fingerprint density at radius 1 is 1.32 bits per heavy atom. The van der Waals surface area contributed by atoms with Crippen LogP contribution in [-0.2, 0) is 0 Å². The van der Waals surface area contributed by atoms with Crippen LogP contribution in [0.25, 0.3) is 11.0 Å². The van der Waals surface area contributed by atoms with Crippen LogP contribution in [0.1, 0.15) is 6.92 Å². The van der Waals surface area contributed by atoms with Crippen molar-refractivity contribution in [3.8, 4) is 0 Å². The molecule has 100 valence electrons. The fraction of sp³-hybridized carbons (Fsp3) is 0.571. The molecule has 4 rings (SSSR count). The molecule has 1 saturated carbocycles. The smallest absolute Gasteiger partial charge is 0.142 e. The number of hydrogen-bond donors (Lipinski definition) is 2. The van der Waals surface area contributed by atoms with Crippen molar-refractivity contribution in [2.75, 3.05) is 25.0 Å². The first kappa shape index (κ1) is 11.2. The first-order valence-electron chi connectivity index (χ1n) is 6.99. The lowest BCUT2D eigenvalue weighted by Gasteiger charge is -2.27. The summed E-state index contributed by atoms with van der Waals surface area (Å²) < 4.78 is 0. The van der Waals surface area contributed by atoms with Crippen LogP contribution in [0.2, 0.25) is 0 Å².